The second kappa shape index (κ2) is 2.53. The third kappa shape index (κ3) is 1.04. The topological polar surface area (TPSA) is 77.6 Å². The van der Waals surface area contributed by atoms with Crippen molar-refractivity contribution < 1.29 is 0 Å². The van der Waals surface area contributed by atoms with Gasteiger partial charge in [-0.05, 0) is 11.6 Å². The molecule has 5 nitrogen and oxygen atoms in total. The fourth-order valence-electron chi connectivity index (χ4n) is 0.858. The van der Waals surface area contributed by atoms with Crippen LogP contribution in [0.15, 0.2) is 12.4 Å². The zero-order chi connectivity index (χ0) is 8.55. The van der Waals surface area contributed by atoms with Crippen molar-refractivity contribution >= 4 is 28.6 Å². The normalized spacial score (nSPS) is 10.4. The van der Waals surface area contributed by atoms with Gasteiger partial charge in [0.25, 0.3) is 0 Å². The molecule has 2 heterocycles. The Balaban J connectivity index is 2.89. The highest BCUT2D eigenvalue weighted by atomic mass is 35.5. The summed E-state index contributed by atoms with van der Waals surface area (Å²) in [6, 6.07) is 0. The van der Waals surface area contributed by atoms with Crippen molar-refractivity contribution in [2.45, 2.75) is 0 Å². The number of hydrogen-bond acceptors (Lipinski definition) is 5. The molecular formula is C6H4ClN5. The molecule has 0 fully saturated rings. The van der Waals surface area contributed by atoms with Gasteiger partial charge in [-0.1, -0.05) is 0 Å². The van der Waals surface area contributed by atoms with Gasteiger partial charge in [-0.15, -0.1) is 0 Å². The van der Waals surface area contributed by atoms with E-state index in [2.05, 4.69) is 19.9 Å². The van der Waals surface area contributed by atoms with Gasteiger partial charge in [0.15, 0.2) is 11.5 Å². The van der Waals surface area contributed by atoms with Gasteiger partial charge < -0.3 is 5.73 Å². The first-order chi connectivity index (χ1) is 5.77. The van der Waals surface area contributed by atoms with E-state index in [-0.39, 0.29) is 11.1 Å². The van der Waals surface area contributed by atoms with Gasteiger partial charge in [0.1, 0.15) is 5.52 Å². The molecule has 2 aromatic heterocycles. The molecule has 0 aliphatic carbocycles. The van der Waals surface area contributed by atoms with E-state index in [0.717, 1.165) is 0 Å². The molecule has 60 valence electrons. The quantitative estimate of drug-likeness (QED) is 0.604. The SMILES string of the molecule is Nc1nc(Cl)nc2nccnc12. The minimum absolute atomic E-state index is 0.0838. The zero-order valence-corrected chi connectivity index (χ0v) is 6.65. The van der Waals surface area contributed by atoms with Crippen LogP contribution in [0, 0.1) is 0 Å². The van der Waals surface area contributed by atoms with E-state index >= 15 is 0 Å². The number of rotatable bonds is 0. The highest BCUT2D eigenvalue weighted by molar-refractivity contribution is 6.28. The monoisotopic (exact) mass is 181 g/mol. The lowest BCUT2D eigenvalue weighted by atomic mass is 10.5. The van der Waals surface area contributed by atoms with Crippen molar-refractivity contribution in [2.24, 2.45) is 0 Å². The number of nitrogen functional groups attached to an aromatic ring is 1. The maximum Gasteiger partial charge on any atom is 0.226 e. The summed E-state index contributed by atoms with van der Waals surface area (Å²) in [5, 5.41) is 0.0838. The summed E-state index contributed by atoms with van der Waals surface area (Å²) in [5.74, 6) is 0.248. The Labute approximate surface area is 72.6 Å². The maximum absolute atomic E-state index is 5.55. The Kier molecular flexibility index (Phi) is 1.51. The first-order valence-corrected chi connectivity index (χ1v) is 3.55. The van der Waals surface area contributed by atoms with Crippen molar-refractivity contribution in [3.63, 3.8) is 0 Å². The fourth-order valence-corrected chi connectivity index (χ4v) is 1.03. The number of nitrogens with zero attached hydrogens (tertiary/aromatic N) is 4. The third-order valence-corrected chi connectivity index (χ3v) is 1.50. The maximum atomic E-state index is 5.55. The molecule has 12 heavy (non-hydrogen) atoms. The van der Waals surface area contributed by atoms with Gasteiger partial charge >= 0.3 is 0 Å². The first-order valence-electron chi connectivity index (χ1n) is 3.17. The van der Waals surface area contributed by atoms with Gasteiger partial charge in [0.2, 0.25) is 5.28 Å². The summed E-state index contributed by atoms with van der Waals surface area (Å²) in [6.45, 7) is 0. The predicted molar refractivity (Wildman–Crippen MR) is 44.6 cm³/mol. The molecule has 2 aromatic rings. The smallest absolute Gasteiger partial charge is 0.226 e. The van der Waals surface area contributed by atoms with Crippen LogP contribution in [0.25, 0.3) is 11.2 Å². The molecule has 0 saturated heterocycles. The Hall–Kier alpha value is -1.49. The van der Waals surface area contributed by atoms with E-state index in [9.17, 15) is 0 Å². The van der Waals surface area contributed by atoms with Crippen LogP contribution in [0.1, 0.15) is 0 Å². The predicted octanol–water partition coefficient (Wildman–Crippen LogP) is 0.655. The Bertz CT molecular complexity index is 429. The van der Waals surface area contributed by atoms with E-state index in [1.165, 1.54) is 12.4 Å². The average molecular weight is 182 g/mol. The molecule has 0 aliphatic rings. The first kappa shape index (κ1) is 7.17. The largest absolute Gasteiger partial charge is 0.382 e. The second-order valence-electron chi connectivity index (χ2n) is 2.11. The second-order valence-corrected chi connectivity index (χ2v) is 2.44. The summed E-state index contributed by atoms with van der Waals surface area (Å²) >= 11 is 5.55. The highest BCUT2D eigenvalue weighted by Gasteiger charge is 2.03. The molecule has 0 amide bonds. The van der Waals surface area contributed by atoms with Crippen LogP contribution >= 0.6 is 11.6 Å². The van der Waals surface area contributed by atoms with Crippen molar-refractivity contribution in [2.75, 3.05) is 5.73 Å². The summed E-state index contributed by atoms with van der Waals surface area (Å²) in [6.07, 6.45) is 3.04. The summed E-state index contributed by atoms with van der Waals surface area (Å²) in [5.41, 5.74) is 6.40. The number of halogens is 1. The van der Waals surface area contributed by atoms with E-state index in [0.29, 0.717) is 11.2 Å². The van der Waals surface area contributed by atoms with Gasteiger partial charge in [0.05, 0.1) is 0 Å². The molecule has 0 atom stereocenters. The van der Waals surface area contributed by atoms with Crippen LogP contribution in [0.4, 0.5) is 5.82 Å². The molecule has 0 aromatic carbocycles. The van der Waals surface area contributed by atoms with Gasteiger partial charge in [0, 0.05) is 12.4 Å². The van der Waals surface area contributed by atoms with Gasteiger partial charge in [-0.25, -0.2) is 9.97 Å². The molecule has 0 spiro atoms. The van der Waals surface area contributed by atoms with E-state index < -0.39 is 0 Å². The molecule has 2 N–H and O–H groups in total. The van der Waals surface area contributed by atoms with Crippen LogP contribution in [0.2, 0.25) is 5.28 Å². The highest BCUT2D eigenvalue weighted by Crippen LogP contribution is 2.13. The van der Waals surface area contributed by atoms with Crippen LogP contribution in [0.5, 0.6) is 0 Å². The van der Waals surface area contributed by atoms with Crippen LogP contribution in [-0.4, -0.2) is 19.9 Å². The van der Waals surface area contributed by atoms with E-state index in [1.54, 1.807) is 0 Å². The fraction of sp³-hybridized carbons (Fsp3) is 0. The number of nitrogens with two attached hydrogens (primary N) is 1. The molecule has 6 heteroatoms. The third-order valence-electron chi connectivity index (χ3n) is 1.33. The molecule has 0 aliphatic heterocycles. The Morgan fingerprint density at radius 1 is 1.17 bits per heavy atom. The Morgan fingerprint density at radius 2 is 1.92 bits per heavy atom. The van der Waals surface area contributed by atoms with Crippen molar-refractivity contribution in [1.29, 1.82) is 0 Å². The molecule has 0 saturated carbocycles. The summed E-state index contributed by atoms with van der Waals surface area (Å²) < 4.78 is 0. The molecule has 2 rings (SSSR count). The van der Waals surface area contributed by atoms with Crippen LogP contribution in [0.3, 0.4) is 0 Å². The Morgan fingerprint density at radius 3 is 2.75 bits per heavy atom. The standard InChI is InChI=1S/C6H4ClN5/c7-6-11-4(8)3-5(12-6)10-2-1-9-3/h1-2H,(H2,8,10,11,12). The number of hydrogen-bond donors (Lipinski definition) is 1. The molecular weight excluding hydrogens is 178 g/mol. The van der Waals surface area contributed by atoms with E-state index in [4.69, 9.17) is 17.3 Å². The number of aromatic nitrogens is 4. The summed E-state index contributed by atoms with van der Waals surface area (Å²) in [7, 11) is 0. The minimum Gasteiger partial charge on any atom is -0.382 e. The average Bonchev–Trinajstić information content (AvgIpc) is 2.04. The van der Waals surface area contributed by atoms with Crippen LogP contribution in [-0.2, 0) is 0 Å². The van der Waals surface area contributed by atoms with Crippen molar-refractivity contribution in [3.05, 3.63) is 17.7 Å². The number of fused-ring (bicyclic) bond motifs is 1. The van der Waals surface area contributed by atoms with Crippen LogP contribution < -0.4 is 5.73 Å². The molecule has 0 unspecified atom stereocenters. The number of anilines is 1. The van der Waals surface area contributed by atoms with E-state index in [1.807, 2.05) is 0 Å². The molecule has 0 bridgehead atoms. The molecule has 0 radical (unpaired) electrons. The van der Waals surface area contributed by atoms with Crippen molar-refractivity contribution in [3.8, 4) is 0 Å². The minimum atomic E-state index is 0.0838. The lowest BCUT2D eigenvalue weighted by Crippen LogP contribution is -1.97. The summed E-state index contributed by atoms with van der Waals surface area (Å²) in [4.78, 5) is 15.4. The van der Waals surface area contributed by atoms with Crippen molar-refractivity contribution in [1.82, 2.24) is 19.9 Å². The zero-order valence-electron chi connectivity index (χ0n) is 5.90. The van der Waals surface area contributed by atoms with Gasteiger partial charge in [-0.3, -0.25) is 0 Å². The lowest BCUT2D eigenvalue weighted by Gasteiger charge is -1.97. The lowest BCUT2D eigenvalue weighted by molar-refractivity contribution is 1.15. The van der Waals surface area contributed by atoms with Gasteiger partial charge in [-0.2, -0.15) is 9.97 Å².